The second-order valence-electron chi connectivity index (χ2n) is 7.23. The topological polar surface area (TPSA) is 46.5 Å². The van der Waals surface area contributed by atoms with Crippen molar-refractivity contribution < 1.29 is 9.13 Å². The highest BCUT2D eigenvalue weighted by atomic mass is 19.1. The maximum Gasteiger partial charge on any atom is 0.228 e. The number of hydrogen-bond acceptors (Lipinski definition) is 4. The number of hydrogen-bond donors (Lipinski definition) is 1. The van der Waals surface area contributed by atoms with E-state index in [1.54, 1.807) is 12.3 Å². The van der Waals surface area contributed by atoms with Gasteiger partial charge >= 0.3 is 0 Å². The van der Waals surface area contributed by atoms with E-state index in [9.17, 15) is 4.39 Å². The van der Waals surface area contributed by atoms with Crippen molar-refractivity contribution in [1.29, 1.82) is 0 Å². The van der Waals surface area contributed by atoms with Crippen LogP contribution in [0.1, 0.15) is 16.7 Å². The van der Waals surface area contributed by atoms with E-state index in [4.69, 9.17) is 4.74 Å². The summed E-state index contributed by atoms with van der Waals surface area (Å²) in [4.78, 5) is 9.21. The smallest absolute Gasteiger partial charge is 0.228 e. The number of aliphatic imine (C=N–C) groups is 1. The molecule has 1 N–H and O–H groups in total. The molecule has 3 aromatic carbocycles. The molecule has 0 saturated heterocycles. The molecule has 29 heavy (non-hydrogen) atoms. The summed E-state index contributed by atoms with van der Waals surface area (Å²) in [5.74, 6) is 0.929. The quantitative estimate of drug-likeness (QED) is 0.374. The Morgan fingerprint density at radius 3 is 2.59 bits per heavy atom. The Bertz CT molecular complexity index is 1300. The Morgan fingerprint density at radius 1 is 0.897 bits per heavy atom. The molecule has 1 aliphatic rings. The Labute approximate surface area is 167 Å². The highest BCUT2D eigenvalue weighted by molar-refractivity contribution is 5.94. The van der Waals surface area contributed by atoms with Crippen molar-refractivity contribution in [2.24, 2.45) is 4.99 Å². The van der Waals surface area contributed by atoms with E-state index in [2.05, 4.69) is 15.3 Å². The summed E-state index contributed by atoms with van der Waals surface area (Å²) in [6, 6.07) is 18.7. The molecule has 0 unspecified atom stereocenters. The van der Waals surface area contributed by atoms with Crippen LogP contribution in [0.2, 0.25) is 0 Å². The highest BCUT2D eigenvalue weighted by Gasteiger charge is 2.15. The number of nitrogens with one attached hydrogen (secondary N) is 1. The zero-order valence-corrected chi connectivity index (χ0v) is 16.0. The molecule has 4 aromatic rings. The number of pyridine rings is 1. The minimum Gasteiger partial charge on any atom is -0.436 e. The van der Waals surface area contributed by atoms with Gasteiger partial charge in [0.25, 0.3) is 0 Å². The number of benzene rings is 3. The predicted octanol–water partition coefficient (Wildman–Crippen LogP) is 6.59. The number of halogens is 1. The van der Waals surface area contributed by atoms with Crippen LogP contribution >= 0.6 is 0 Å². The first-order valence-electron chi connectivity index (χ1n) is 9.36. The lowest BCUT2D eigenvalue weighted by Crippen LogP contribution is -1.96. The lowest BCUT2D eigenvalue weighted by molar-refractivity contribution is 0.467. The number of fused-ring (bicyclic) bond motifs is 3. The largest absolute Gasteiger partial charge is 0.436 e. The van der Waals surface area contributed by atoms with Crippen molar-refractivity contribution in [1.82, 2.24) is 4.98 Å². The third-order valence-corrected chi connectivity index (χ3v) is 4.87. The van der Waals surface area contributed by atoms with Gasteiger partial charge in [-0.2, -0.15) is 0 Å². The Balaban J connectivity index is 1.53. The highest BCUT2D eigenvalue weighted by Crippen LogP contribution is 2.37. The van der Waals surface area contributed by atoms with Crippen LogP contribution in [0, 0.1) is 19.7 Å². The fraction of sp³-hybridized carbons (Fsp3) is 0.0833. The van der Waals surface area contributed by atoms with Gasteiger partial charge in [0.15, 0.2) is 5.75 Å². The zero-order valence-electron chi connectivity index (χ0n) is 16.0. The molecule has 142 valence electrons. The fourth-order valence-corrected chi connectivity index (χ4v) is 3.36. The Hall–Kier alpha value is -3.73. The van der Waals surface area contributed by atoms with Crippen LogP contribution < -0.4 is 10.1 Å². The van der Waals surface area contributed by atoms with E-state index in [1.165, 1.54) is 6.07 Å². The van der Waals surface area contributed by atoms with Crippen LogP contribution in [-0.4, -0.2) is 11.2 Å². The molecular weight excluding hydrogens is 365 g/mol. The summed E-state index contributed by atoms with van der Waals surface area (Å²) in [6.07, 6.45) is 1.77. The third kappa shape index (κ3) is 3.31. The molecule has 0 spiro atoms. The van der Waals surface area contributed by atoms with E-state index in [0.29, 0.717) is 17.3 Å². The molecule has 5 heteroatoms. The average molecular weight is 383 g/mol. The molecule has 1 aromatic heterocycles. The zero-order chi connectivity index (χ0) is 20.0. The van der Waals surface area contributed by atoms with E-state index in [1.807, 2.05) is 62.4 Å². The standard InChI is InChI=1S/C24H18FN3O/c1-14-3-6-21(19(25)9-14)27-18-5-7-20-16(12-18)11-17-13-26-22-10-15(2)4-8-23(22)29-24(17)28-20/h3-13,27H,1-2H3. The number of anilines is 2. The van der Waals surface area contributed by atoms with Gasteiger partial charge in [-0.05, 0) is 73.5 Å². The van der Waals surface area contributed by atoms with Gasteiger partial charge in [0.1, 0.15) is 11.5 Å². The first kappa shape index (κ1) is 17.4. The summed E-state index contributed by atoms with van der Waals surface area (Å²) in [5, 5.41) is 4.05. The second kappa shape index (κ2) is 6.71. The molecule has 0 fully saturated rings. The van der Waals surface area contributed by atoms with Crippen LogP contribution in [0.4, 0.5) is 21.5 Å². The summed E-state index contributed by atoms with van der Waals surface area (Å²) < 4.78 is 20.2. The molecule has 0 bridgehead atoms. The van der Waals surface area contributed by atoms with Crippen LogP contribution in [0.25, 0.3) is 10.9 Å². The van der Waals surface area contributed by atoms with Crippen molar-refractivity contribution in [3.05, 3.63) is 83.2 Å². The molecule has 0 radical (unpaired) electrons. The van der Waals surface area contributed by atoms with Crippen LogP contribution in [-0.2, 0) is 0 Å². The average Bonchev–Trinajstić information content (AvgIpc) is 2.87. The maximum atomic E-state index is 14.2. The van der Waals surface area contributed by atoms with Gasteiger partial charge in [-0.3, -0.25) is 4.99 Å². The molecule has 0 aliphatic carbocycles. The Morgan fingerprint density at radius 2 is 1.72 bits per heavy atom. The molecule has 1 aliphatic heterocycles. The minimum atomic E-state index is -0.279. The molecule has 0 saturated carbocycles. The summed E-state index contributed by atoms with van der Waals surface area (Å²) in [6.45, 7) is 3.88. The molecule has 5 rings (SSSR count). The fourth-order valence-electron chi connectivity index (χ4n) is 3.36. The number of ether oxygens (including phenoxy) is 1. The summed E-state index contributed by atoms with van der Waals surface area (Å²) >= 11 is 0. The predicted molar refractivity (Wildman–Crippen MR) is 115 cm³/mol. The lowest BCUT2D eigenvalue weighted by atomic mass is 10.1. The summed E-state index contributed by atoms with van der Waals surface area (Å²) in [5.41, 5.74) is 5.60. The van der Waals surface area contributed by atoms with Gasteiger partial charge in [-0.25, -0.2) is 9.37 Å². The lowest BCUT2D eigenvalue weighted by Gasteiger charge is -2.11. The number of nitrogens with zero attached hydrogens (tertiary/aromatic N) is 2. The first-order chi connectivity index (χ1) is 14.0. The SMILES string of the molecule is Cc1ccc(Nc2ccc3nc4c(cc3c2)C=Nc2cc(C)ccc2O4)c(F)c1. The van der Waals surface area contributed by atoms with Crippen LogP contribution in [0.5, 0.6) is 11.6 Å². The van der Waals surface area contributed by atoms with Gasteiger partial charge in [-0.1, -0.05) is 12.1 Å². The van der Waals surface area contributed by atoms with Crippen molar-refractivity contribution in [3.8, 4) is 11.6 Å². The van der Waals surface area contributed by atoms with Crippen molar-refractivity contribution in [3.63, 3.8) is 0 Å². The maximum absolute atomic E-state index is 14.2. The van der Waals surface area contributed by atoms with Crippen molar-refractivity contribution in [2.45, 2.75) is 13.8 Å². The van der Waals surface area contributed by atoms with Crippen molar-refractivity contribution >= 4 is 34.2 Å². The van der Waals surface area contributed by atoms with Gasteiger partial charge in [-0.15, -0.1) is 0 Å². The molecule has 2 heterocycles. The normalized spacial score (nSPS) is 12.1. The molecular formula is C24H18FN3O. The van der Waals surface area contributed by atoms with Gasteiger partial charge < -0.3 is 10.1 Å². The number of aromatic nitrogens is 1. The molecule has 0 atom stereocenters. The Kier molecular flexibility index (Phi) is 4.02. The van der Waals surface area contributed by atoms with Crippen LogP contribution in [0.3, 0.4) is 0 Å². The van der Waals surface area contributed by atoms with Crippen molar-refractivity contribution in [2.75, 3.05) is 5.32 Å². The van der Waals surface area contributed by atoms with Gasteiger partial charge in [0.05, 0.1) is 16.8 Å². The monoisotopic (exact) mass is 383 g/mol. The third-order valence-electron chi connectivity index (χ3n) is 4.87. The van der Waals surface area contributed by atoms with E-state index < -0.39 is 0 Å². The summed E-state index contributed by atoms with van der Waals surface area (Å²) in [7, 11) is 0. The van der Waals surface area contributed by atoms with E-state index >= 15 is 0 Å². The van der Waals surface area contributed by atoms with Crippen LogP contribution in [0.15, 0.2) is 65.7 Å². The first-order valence-corrected chi connectivity index (χ1v) is 9.36. The molecule has 0 amide bonds. The number of rotatable bonds is 2. The van der Waals surface area contributed by atoms with E-state index in [0.717, 1.165) is 39.0 Å². The van der Waals surface area contributed by atoms with E-state index in [-0.39, 0.29) is 5.82 Å². The molecule has 4 nitrogen and oxygen atoms in total. The second-order valence-corrected chi connectivity index (χ2v) is 7.23. The minimum absolute atomic E-state index is 0.279. The number of aryl methyl sites for hydroxylation is 2. The van der Waals surface area contributed by atoms with Gasteiger partial charge in [0.2, 0.25) is 5.88 Å². The van der Waals surface area contributed by atoms with Gasteiger partial charge in [0, 0.05) is 17.3 Å².